The Morgan fingerprint density at radius 2 is 1.90 bits per heavy atom. The van der Waals surface area contributed by atoms with Gasteiger partial charge in [-0.1, -0.05) is 48.4 Å². The van der Waals surface area contributed by atoms with Crippen molar-refractivity contribution in [3.8, 4) is 17.2 Å². The third-order valence-corrected chi connectivity index (χ3v) is 4.65. The van der Waals surface area contributed by atoms with E-state index in [4.69, 9.17) is 23.8 Å². The predicted octanol–water partition coefficient (Wildman–Crippen LogP) is 5.21. The lowest BCUT2D eigenvalue weighted by atomic mass is 9.92. The van der Waals surface area contributed by atoms with Gasteiger partial charge in [-0.3, -0.25) is 0 Å². The van der Waals surface area contributed by atoms with Crippen molar-refractivity contribution in [2.45, 2.75) is 32.1 Å². The number of aromatic nitrogens is 1. The van der Waals surface area contributed by atoms with Crippen LogP contribution in [0, 0.1) is 16.0 Å². The second-order valence-electron chi connectivity index (χ2n) is 5.31. The van der Waals surface area contributed by atoms with Gasteiger partial charge in [0, 0.05) is 21.8 Å². The zero-order valence-electron chi connectivity index (χ0n) is 11.6. The molecule has 4 heteroatoms. The number of nitrogens with zero attached hydrogens (tertiary/aromatic N) is 1. The van der Waals surface area contributed by atoms with E-state index in [-0.39, 0.29) is 0 Å². The van der Waals surface area contributed by atoms with Crippen molar-refractivity contribution in [2.24, 2.45) is 0 Å². The van der Waals surface area contributed by atoms with Crippen LogP contribution in [0.15, 0.2) is 24.3 Å². The Morgan fingerprint density at radius 3 is 2.67 bits per heavy atom. The molecule has 0 spiro atoms. The summed E-state index contributed by atoms with van der Waals surface area (Å²) < 4.78 is 0.521. The summed E-state index contributed by atoms with van der Waals surface area (Å²) in [4.78, 5) is 3.27. The van der Waals surface area contributed by atoms with Crippen molar-refractivity contribution in [3.63, 3.8) is 0 Å². The molecular weight excluding hydrogens is 300 g/mol. The summed E-state index contributed by atoms with van der Waals surface area (Å²) in [6, 6.07) is 9.95. The molecule has 0 amide bonds. The van der Waals surface area contributed by atoms with E-state index >= 15 is 0 Å². The Bertz CT molecular complexity index is 786. The van der Waals surface area contributed by atoms with Gasteiger partial charge < -0.3 is 4.98 Å². The molecule has 1 aromatic carbocycles. The first-order valence-corrected chi connectivity index (χ1v) is 7.94. The molecule has 1 heterocycles. The largest absolute Gasteiger partial charge is 0.349 e. The summed E-state index contributed by atoms with van der Waals surface area (Å²) in [5, 5.41) is 10.2. The molecule has 1 aromatic heterocycles. The minimum absolute atomic E-state index is 0.521. The number of nitrogens with one attached hydrogen (secondary N) is 1. The molecule has 0 atom stereocenters. The van der Waals surface area contributed by atoms with E-state index in [9.17, 15) is 5.26 Å². The van der Waals surface area contributed by atoms with Crippen LogP contribution in [0.3, 0.4) is 0 Å². The van der Waals surface area contributed by atoms with Gasteiger partial charge in [0.15, 0.2) is 0 Å². The van der Waals surface area contributed by atoms with Crippen LogP contribution in [0.1, 0.15) is 36.1 Å². The molecule has 2 aromatic rings. The Labute approximate surface area is 134 Å². The molecule has 0 aliphatic heterocycles. The minimum atomic E-state index is 0.521. The molecule has 1 aliphatic carbocycles. The second-order valence-corrected chi connectivity index (χ2v) is 6.13. The van der Waals surface area contributed by atoms with Gasteiger partial charge >= 0.3 is 0 Å². The van der Waals surface area contributed by atoms with E-state index in [0.717, 1.165) is 36.8 Å². The number of nitriles is 1. The van der Waals surface area contributed by atoms with Crippen LogP contribution in [0.25, 0.3) is 11.1 Å². The Morgan fingerprint density at radius 1 is 1.14 bits per heavy atom. The van der Waals surface area contributed by atoms with Crippen LogP contribution in [0.4, 0.5) is 0 Å². The number of halogens is 1. The lowest BCUT2D eigenvalue weighted by Crippen LogP contribution is -2.03. The third-order valence-electron chi connectivity index (χ3n) is 4.02. The highest BCUT2D eigenvalue weighted by atomic mass is 35.5. The topological polar surface area (TPSA) is 39.6 Å². The molecule has 1 N–H and O–H groups in total. The van der Waals surface area contributed by atoms with Gasteiger partial charge in [-0.2, -0.15) is 5.26 Å². The highest BCUT2D eigenvalue weighted by Gasteiger charge is 2.20. The van der Waals surface area contributed by atoms with Crippen LogP contribution >= 0.6 is 23.8 Å². The van der Waals surface area contributed by atoms with Gasteiger partial charge in [0.2, 0.25) is 0 Å². The highest BCUT2D eigenvalue weighted by molar-refractivity contribution is 7.71. The smallest absolute Gasteiger partial charge is 0.122 e. The first-order chi connectivity index (χ1) is 10.2. The zero-order valence-corrected chi connectivity index (χ0v) is 13.2. The van der Waals surface area contributed by atoms with E-state index < -0.39 is 0 Å². The van der Waals surface area contributed by atoms with Crippen LogP contribution in [0.5, 0.6) is 0 Å². The number of fused-ring (bicyclic) bond motifs is 1. The van der Waals surface area contributed by atoms with Crippen LogP contribution in [0.2, 0.25) is 5.02 Å². The van der Waals surface area contributed by atoms with Crippen molar-refractivity contribution in [3.05, 3.63) is 50.7 Å². The van der Waals surface area contributed by atoms with Crippen LogP contribution in [-0.4, -0.2) is 4.98 Å². The van der Waals surface area contributed by atoms with E-state index in [1.54, 1.807) is 0 Å². The fourth-order valence-corrected chi connectivity index (χ4v) is 3.53. The van der Waals surface area contributed by atoms with Crippen molar-refractivity contribution in [1.82, 2.24) is 4.98 Å². The number of rotatable bonds is 1. The summed E-state index contributed by atoms with van der Waals surface area (Å²) in [6.07, 6.45) is 5.46. The van der Waals surface area contributed by atoms with Crippen molar-refractivity contribution in [2.75, 3.05) is 0 Å². The average Bonchev–Trinajstić information content (AvgIpc) is 2.71. The molecule has 0 radical (unpaired) electrons. The van der Waals surface area contributed by atoms with Crippen LogP contribution in [-0.2, 0) is 12.8 Å². The van der Waals surface area contributed by atoms with Gasteiger partial charge in [0.05, 0.1) is 5.56 Å². The first kappa shape index (κ1) is 14.3. The van der Waals surface area contributed by atoms with Gasteiger partial charge in [-0.25, -0.2) is 0 Å². The molecule has 0 saturated heterocycles. The fraction of sp³-hybridized carbons (Fsp3) is 0.294. The molecule has 0 fully saturated rings. The van der Waals surface area contributed by atoms with Gasteiger partial charge in [-0.15, -0.1) is 0 Å². The lowest BCUT2D eigenvalue weighted by Gasteiger charge is -2.16. The number of aromatic amines is 1. The van der Waals surface area contributed by atoms with Crippen molar-refractivity contribution >= 4 is 23.8 Å². The summed E-state index contributed by atoms with van der Waals surface area (Å²) in [7, 11) is 0. The Kier molecular flexibility index (Phi) is 4.10. The summed E-state index contributed by atoms with van der Waals surface area (Å²) in [5.41, 5.74) is 4.77. The molecule has 1 aliphatic rings. The summed E-state index contributed by atoms with van der Waals surface area (Å²) >= 11 is 11.8. The number of pyridine rings is 1. The van der Waals surface area contributed by atoms with Crippen LogP contribution < -0.4 is 0 Å². The molecule has 3 rings (SSSR count). The fourth-order valence-electron chi connectivity index (χ4n) is 3.03. The van der Waals surface area contributed by atoms with Gasteiger partial charge in [0.1, 0.15) is 10.7 Å². The number of H-pyrrole nitrogens is 1. The maximum Gasteiger partial charge on any atom is 0.122 e. The van der Waals surface area contributed by atoms with E-state index in [0.29, 0.717) is 15.2 Å². The van der Waals surface area contributed by atoms with Crippen molar-refractivity contribution < 1.29 is 0 Å². The summed E-state index contributed by atoms with van der Waals surface area (Å²) in [6.45, 7) is 0. The molecule has 0 unspecified atom stereocenters. The number of aryl methyl sites for hydroxylation is 1. The van der Waals surface area contributed by atoms with Crippen molar-refractivity contribution in [1.29, 1.82) is 5.26 Å². The summed E-state index contributed by atoms with van der Waals surface area (Å²) in [5.74, 6) is 0. The molecule has 0 saturated carbocycles. The maximum atomic E-state index is 9.54. The first-order valence-electron chi connectivity index (χ1n) is 7.15. The predicted molar refractivity (Wildman–Crippen MR) is 88.0 cm³/mol. The Hall–Kier alpha value is -1.63. The maximum absolute atomic E-state index is 9.54. The van der Waals surface area contributed by atoms with E-state index in [1.807, 2.05) is 24.3 Å². The van der Waals surface area contributed by atoms with Gasteiger partial charge in [0.25, 0.3) is 0 Å². The SMILES string of the molecule is N#Cc1c(-c2ccccc2Cl)c2c([nH]c1=S)CCCCC2. The monoisotopic (exact) mass is 314 g/mol. The van der Waals surface area contributed by atoms with E-state index in [1.165, 1.54) is 17.7 Å². The molecule has 21 heavy (non-hydrogen) atoms. The lowest BCUT2D eigenvalue weighted by molar-refractivity contribution is 0.708. The molecule has 106 valence electrons. The molecule has 0 bridgehead atoms. The van der Waals surface area contributed by atoms with E-state index in [2.05, 4.69) is 11.1 Å². The molecule has 2 nitrogen and oxygen atoms in total. The molecular formula is C17H15ClN2S. The standard InChI is InChI=1S/C17H15ClN2S/c18-14-8-5-4-6-11(14)16-12-7-2-1-3-9-15(12)20-17(21)13(16)10-19/h4-6,8H,1-3,7,9H2,(H,20,21). The average molecular weight is 315 g/mol. The normalized spacial score (nSPS) is 14.1. The quantitative estimate of drug-likeness (QED) is 0.580. The number of hydrogen-bond donors (Lipinski definition) is 1. The van der Waals surface area contributed by atoms with Gasteiger partial charge in [-0.05, 0) is 37.3 Å². The number of hydrogen-bond acceptors (Lipinski definition) is 2. The third kappa shape index (κ3) is 2.62. The highest BCUT2D eigenvalue weighted by Crippen LogP contribution is 2.36. The second kappa shape index (κ2) is 6.01. The Balaban J connectivity index is 2.37. The minimum Gasteiger partial charge on any atom is -0.349 e. The zero-order chi connectivity index (χ0) is 14.8. The number of benzene rings is 1.